The molecule has 3 rings (SSSR count). The Kier molecular flexibility index (Phi) is 5.20. The normalized spacial score (nSPS) is 31.3. The molecule has 0 radical (unpaired) electrons. The van der Waals surface area contributed by atoms with E-state index < -0.39 is 5.60 Å². The highest BCUT2D eigenvalue weighted by molar-refractivity contribution is 5.78. The molecule has 1 aliphatic heterocycles. The van der Waals surface area contributed by atoms with Gasteiger partial charge in [0.2, 0.25) is 5.91 Å². The number of carbonyl (C=O) groups is 1. The van der Waals surface area contributed by atoms with Gasteiger partial charge in [-0.2, -0.15) is 0 Å². The summed E-state index contributed by atoms with van der Waals surface area (Å²) >= 11 is 0. The quantitative estimate of drug-likeness (QED) is 0.859. The van der Waals surface area contributed by atoms with Gasteiger partial charge in [0, 0.05) is 32.4 Å². The van der Waals surface area contributed by atoms with Gasteiger partial charge in [0.25, 0.3) is 0 Å². The number of carbonyl (C=O) groups excluding carboxylic acids is 1. The molecule has 0 aromatic carbocycles. The largest absolute Gasteiger partial charge is 0.387 e. The van der Waals surface area contributed by atoms with Crippen LogP contribution in [0.2, 0.25) is 0 Å². The molecular weight excluding hydrogens is 306 g/mol. The standard InChI is InChI=1S/C17H29N5O2/c1-14-3-5-15(6-4-14)20(2)16(23)11-21-9-7-17(24,12-21)13-22-10-8-18-19-22/h8,10,14-15,24H,3-7,9,11-13H2,1-2H3. The summed E-state index contributed by atoms with van der Waals surface area (Å²) in [5.41, 5.74) is -0.827. The maximum atomic E-state index is 12.6. The zero-order chi connectivity index (χ0) is 17.2. The lowest BCUT2D eigenvalue weighted by molar-refractivity contribution is -0.133. The van der Waals surface area contributed by atoms with E-state index in [2.05, 4.69) is 22.1 Å². The first-order chi connectivity index (χ1) is 11.5. The number of hydrogen-bond acceptors (Lipinski definition) is 5. The van der Waals surface area contributed by atoms with Crippen LogP contribution in [0.5, 0.6) is 0 Å². The average molecular weight is 335 g/mol. The summed E-state index contributed by atoms with van der Waals surface area (Å²) in [6.07, 6.45) is 8.67. The molecule has 1 amide bonds. The maximum absolute atomic E-state index is 12.6. The third-order valence-electron chi connectivity index (χ3n) is 5.62. The second kappa shape index (κ2) is 7.19. The van der Waals surface area contributed by atoms with Crippen LogP contribution in [0.3, 0.4) is 0 Å². The topological polar surface area (TPSA) is 74.5 Å². The summed E-state index contributed by atoms with van der Waals surface area (Å²) in [5.74, 6) is 0.953. The number of rotatable bonds is 5. The maximum Gasteiger partial charge on any atom is 0.236 e. The first kappa shape index (κ1) is 17.4. The fraction of sp³-hybridized carbons (Fsp3) is 0.824. The molecule has 1 aromatic rings. The van der Waals surface area contributed by atoms with Crippen molar-refractivity contribution in [1.29, 1.82) is 0 Å². The Hall–Kier alpha value is -1.47. The molecule has 7 heteroatoms. The van der Waals surface area contributed by atoms with E-state index in [0.717, 1.165) is 25.3 Å². The van der Waals surface area contributed by atoms with Gasteiger partial charge in [-0.3, -0.25) is 9.69 Å². The van der Waals surface area contributed by atoms with Crippen LogP contribution in [-0.4, -0.2) is 74.1 Å². The zero-order valence-corrected chi connectivity index (χ0v) is 14.8. The smallest absolute Gasteiger partial charge is 0.236 e. The molecule has 2 heterocycles. The highest BCUT2D eigenvalue weighted by atomic mass is 16.3. The number of aliphatic hydroxyl groups is 1. The average Bonchev–Trinajstić information content (AvgIpc) is 3.17. The van der Waals surface area contributed by atoms with Crippen LogP contribution in [0.15, 0.2) is 12.4 Å². The third kappa shape index (κ3) is 4.13. The second-order valence-electron chi connectivity index (χ2n) is 7.70. The van der Waals surface area contributed by atoms with Crippen molar-refractivity contribution in [2.75, 3.05) is 26.7 Å². The van der Waals surface area contributed by atoms with E-state index in [4.69, 9.17) is 0 Å². The molecule has 1 aliphatic carbocycles. The van der Waals surface area contributed by atoms with Crippen molar-refractivity contribution >= 4 is 5.91 Å². The molecule has 0 bridgehead atoms. The molecule has 1 saturated carbocycles. The second-order valence-corrected chi connectivity index (χ2v) is 7.70. The minimum Gasteiger partial charge on any atom is -0.387 e. The van der Waals surface area contributed by atoms with E-state index >= 15 is 0 Å². The van der Waals surface area contributed by atoms with Gasteiger partial charge in [0.05, 0.1) is 24.9 Å². The van der Waals surface area contributed by atoms with Gasteiger partial charge in [-0.15, -0.1) is 5.10 Å². The Morgan fingerprint density at radius 1 is 1.38 bits per heavy atom. The summed E-state index contributed by atoms with van der Waals surface area (Å²) < 4.78 is 1.65. The predicted octanol–water partition coefficient (Wildman–Crippen LogP) is 0.752. The fourth-order valence-electron chi connectivity index (χ4n) is 3.96. The van der Waals surface area contributed by atoms with E-state index in [0.29, 0.717) is 32.1 Å². The molecule has 1 atom stereocenters. The molecule has 2 aliphatic rings. The summed E-state index contributed by atoms with van der Waals surface area (Å²) in [4.78, 5) is 16.6. The zero-order valence-electron chi connectivity index (χ0n) is 14.8. The van der Waals surface area contributed by atoms with Crippen LogP contribution < -0.4 is 0 Å². The fourth-order valence-corrected chi connectivity index (χ4v) is 3.96. The minimum absolute atomic E-state index is 0.166. The summed E-state index contributed by atoms with van der Waals surface area (Å²) in [6, 6.07) is 0.380. The molecule has 0 spiro atoms. The van der Waals surface area contributed by atoms with Crippen molar-refractivity contribution in [1.82, 2.24) is 24.8 Å². The molecule has 1 saturated heterocycles. The molecule has 134 valence electrons. The number of β-amino-alcohol motifs (C(OH)–C–C–N with tert-alkyl or cyclic N) is 1. The number of aromatic nitrogens is 3. The predicted molar refractivity (Wildman–Crippen MR) is 90.2 cm³/mol. The molecule has 2 fully saturated rings. The van der Waals surface area contributed by atoms with Crippen molar-refractivity contribution < 1.29 is 9.90 Å². The number of likely N-dealkylation sites (tertiary alicyclic amines) is 1. The molecule has 1 aromatic heterocycles. The van der Waals surface area contributed by atoms with Crippen LogP contribution >= 0.6 is 0 Å². The lowest BCUT2D eigenvalue weighted by Crippen LogP contribution is -2.45. The minimum atomic E-state index is -0.827. The van der Waals surface area contributed by atoms with Crippen molar-refractivity contribution in [3.05, 3.63) is 12.4 Å². The summed E-state index contributed by atoms with van der Waals surface area (Å²) in [6.45, 7) is 4.36. The van der Waals surface area contributed by atoms with Crippen LogP contribution in [0.1, 0.15) is 39.0 Å². The van der Waals surface area contributed by atoms with Crippen LogP contribution in [0, 0.1) is 5.92 Å². The monoisotopic (exact) mass is 335 g/mol. The molecular formula is C17H29N5O2. The Bertz CT molecular complexity index is 541. The highest BCUT2D eigenvalue weighted by Gasteiger charge is 2.38. The number of amides is 1. The molecule has 7 nitrogen and oxygen atoms in total. The highest BCUT2D eigenvalue weighted by Crippen LogP contribution is 2.27. The Balaban J connectivity index is 1.48. The van der Waals surface area contributed by atoms with E-state index in [9.17, 15) is 9.90 Å². The van der Waals surface area contributed by atoms with Gasteiger partial charge in [-0.1, -0.05) is 12.1 Å². The van der Waals surface area contributed by atoms with Crippen molar-refractivity contribution in [2.45, 2.75) is 57.2 Å². The molecule has 1 N–H and O–H groups in total. The van der Waals surface area contributed by atoms with Crippen LogP contribution in [0.25, 0.3) is 0 Å². The van der Waals surface area contributed by atoms with Gasteiger partial charge in [0.1, 0.15) is 0 Å². The van der Waals surface area contributed by atoms with Crippen molar-refractivity contribution in [3.63, 3.8) is 0 Å². The Labute approximate surface area is 143 Å². The van der Waals surface area contributed by atoms with Gasteiger partial charge < -0.3 is 10.0 Å². The Morgan fingerprint density at radius 3 is 2.79 bits per heavy atom. The number of likely N-dealkylation sites (N-methyl/N-ethyl adjacent to an activating group) is 1. The van der Waals surface area contributed by atoms with E-state index in [1.807, 2.05) is 11.9 Å². The molecule has 1 unspecified atom stereocenters. The summed E-state index contributed by atoms with van der Waals surface area (Å²) in [7, 11) is 1.93. The van der Waals surface area contributed by atoms with E-state index in [-0.39, 0.29) is 5.91 Å². The summed E-state index contributed by atoms with van der Waals surface area (Å²) in [5, 5.41) is 18.4. The van der Waals surface area contributed by atoms with Gasteiger partial charge in [-0.05, 0) is 38.0 Å². The lowest BCUT2D eigenvalue weighted by Gasteiger charge is -2.34. The SMILES string of the molecule is CC1CCC(N(C)C(=O)CN2CCC(O)(Cn3ccnn3)C2)CC1. The Morgan fingerprint density at radius 2 is 2.12 bits per heavy atom. The van der Waals surface area contributed by atoms with Gasteiger partial charge in [-0.25, -0.2) is 4.68 Å². The van der Waals surface area contributed by atoms with Crippen LogP contribution in [-0.2, 0) is 11.3 Å². The third-order valence-corrected chi connectivity index (χ3v) is 5.62. The van der Waals surface area contributed by atoms with Crippen molar-refractivity contribution in [3.8, 4) is 0 Å². The van der Waals surface area contributed by atoms with Gasteiger partial charge in [0.15, 0.2) is 0 Å². The first-order valence-electron chi connectivity index (χ1n) is 9.00. The number of nitrogens with zero attached hydrogens (tertiary/aromatic N) is 5. The first-order valence-corrected chi connectivity index (χ1v) is 9.00. The van der Waals surface area contributed by atoms with Gasteiger partial charge >= 0.3 is 0 Å². The molecule has 24 heavy (non-hydrogen) atoms. The lowest BCUT2D eigenvalue weighted by atomic mass is 9.87. The van der Waals surface area contributed by atoms with Crippen LogP contribution in [0.4, 0.5) is 0 Å². The number of hydrogen-bond donors (Lipinski definition) is 1. The van der Waals surface area contributed by atoms with Crippen molar-refractivity contribution in [2.24, 2.45) is 5.92 Å². The van der Waals surface area contributed by atoms with E-state index in [1.54, 1.807) is 17.1 Å². The van der Waals surface area contributed by atoms with E-state index in [1.165, 1.54) is 12.8 Å².